The Morgan fingerprint density at radius 1 is 1.26 bits per heavy atom. The number of Topliss-reactive ketones (excluding diaryl/α,β-unsaturated/α-hetero) is 1. The average Bonchev–Trinajstić information content (AvgIpc) is 2.53. The number of ketones is 1. The molecule has 4 nitrogen and oxygen atoms in total. The summed E-state index contributed by atoms with van der Waals surface area (Å²) < 4.78 is 5.37. The molecule has 0 spiro atoms. The minimum Gasteiger partial charge on any atom is -0.444 e. The van der Waals surface area contributed by atoms with E-state index in [9.17, 15) is 9.59 Å². The molecule has 1 rings (SSSR count). The van der Waals surface area contributed by atoms with Gasteiger partial charge in [-0.1, -0.05) is 20.8 Å². The molecule has 1 saturated heterocycles. The zero-order chi connectivity index (χ0) is 14.8. The van der Waals surface area contributed by atoms with Gasteiger partial charge in [-0.25, -0.2) is 4.79 Å². The Morgan fingerprint density at radius 2 is 1.84 bits per heavy atom. The normalized spacial score (nSPS) is 20.8. The Morgan fingerprint density at radius 3 is 2.32 bits per heavy atom. The predicted octanol–water partition coefficient (Wildman–Crippen LogP) is 3.39. The monoisotopic (exact) mass is 269 g/mol. The maximum Gasteiger partial charge on any atom is 0.410 e. The van der Waals surface area contributed by atoms with E-state index in [2.05, 4.69) is 20.8 Å². The lowest BCUT2D eigenvalue weighted by atomic mass is 9.88. The highest BCUT2D eigenvalue weighted by molar-refractivity contribution is 5.88. The van der Waals surface area contributed by atoms with E-state index in [0.29, 0.717) is 6.42 Å². The highest BCUT2D eigenvalue weighted by Gasteiger charge is 2.36. The minimum absolute atomic E-state index is 0.00146. The molecule has 1 aliphatic rings. The second kappa shape index (κ2) is 5.51. The fourth-order valence-electron chi connectivity index (χ4n) is 2.15. The lowest BCUT2D eigenvalue weighted by molar-refractivity contribution is -0.117. The number of rotatable bonds is 2. The SMILES string of the molecule is CC(C)(C)CCC1CC(=O)CN1C(=O)OC(C)(C)C. The Kier molecular flexibility index (Phi) is 4.64. The van der Waals surface area contributed by atoms with Crippen LogP contribution >= 0.6 is 0 Å². The first-order valence-electron chi connectivity index (χ1n) is 6.99. The van der Waals surface area contributed by atoms with Gasteiger partial charge >= 0.3 is 6.09 Å². The van der Waals surface area contributed by atoms with E-state index < -0.39 is 5.60 Å². The first kappa shape index (κ1) is 16.0. The summed E-state index contributed by atoms with van der Waals surface area (Å²) >= 11 is 0. The number of nitrogens with zero attached hydrogens (tertiary/aromatic N) is 1. The molecular formula is C15H27NO3. The standard InChI is InChI=1S/C15H27NO3/c1-14(2,3)8-7-11-9-12(17)10-16(11)13(18)19-15(4,5)6/h11H,7-10H2,1-6H3. The maximum atomic E-state index is 12.1. The molecule has 1 heterocycles. The van der Waals surface area contributed by atoms with Gasteiger partial charge in [0.1, 0.15) is 5.60 Å². The van der Waals surface area contributed by atoms with Gasteiger partial charge in [-0.05, 0) is 39.0 Å². The average molecular weight is 269 g/mol. The lowest BCUT2D eigenvalue weighted by Gasteiger charge is -2.29. The largest absolute Gasteiger partial charge is 0.444 e. The van der Waals surface area contributed by atoms with Gasteiger partial charge in [-0.15, -0.1) is 0 Å². The van der Waals surface area contributed by atoms with Crippen molar-refractivity contribution in [2.45, 2.75) is 72.4 Å². The van der Waals surface area contributed by atoms with Crippen LogP contribution in [-0.2, 0) is 9.53 Å². The first-order valence-corrected chi connectivity index (χ1v) is 6.99. The first-order chi connectivity index (χ1) is 8.48. The van der Waals surface area contributed by atoms with Crippen LogP contribution in [0, 0.1) is 5.41 Å². The van der Waals surface area contributed by atoms with Crippen LogP contribution in [0.4, 0.5) is 4.79 Å². The second-order valence-corrected chi connectivity index (χ2v) is 7.60. The predicted molar refractivity (Wildman–Crippen MR) is 75.0 cm³/mol. The third-order valence-electron chi connectivity index (χ3n) is 3.11. The van der Waals surface area contributed by atoms with Gasteiger partial charge in [-0.3, -0.25) is 9.69 Å². The highest BCUT2D eigenvalue weighted by Crippen LogP contribution is 2.28. The summed E-state index contributed by atoms with van der Waals surface area (Å²) in [6.07, 6.45) is 1.95. The maximum absolute atomic E-state index is 12.1. The Balaban J connectivity index is 2.64. The summed E-state index contributed by atoms with van der Waals surface area (Å²) in [5.74, 6) is 0.129. The zero-order valence-corrected chi connectivity index (χ0v) is 13.1. The molecule has 1 atom stereocenters. The van der Waals surface area contributed by atoms with Crippen molar-refractivity contribution < 1.29 is 14.3 Å². The molecule has 1 unspecified atom stereocenters. The van der Waals surface area contributed by atoms with Gasteiger partial charge in [-0.2, -0.15) is 0 Å². The smallest absolute Gasteiger partial charge is 0.410 e. The number of ether oxygens (including phenoxy) is 1. The van der Waals surface area contributed by atoms with Crippen LogP contribution in [0.3, 0.4) is 0 Å². The van der Waals surface area contributed by atoms with Gasteiger partial charge < -0.3 is 4.74 Å². The van der Waals surface area contributed by atoms with Crippen molar-refractivity contribution in [1.29, 1.82) is 0 Å². The summed E-state index contributed by atoms with van der Waals surface area (Å²) in [5, 5.41) is 0. The van der Waals surface area contributed by atoms with E-state index in [1.54, 1.807) is 4.90 Å². The molecule has 19 heavy (non-hydrogen) atoms. The fourth-order valence-corrected chi connectivity index (χ4v) is 2.15. The third-order valence-corrected chi connectivity index (χ3v) is 3.11. The molecule has 0 saturated carbocycles. The molecule has 0 aromatic heterocycles. The molecule has 110 valence electrons. The van der Waals surface area contributed by atoms with Crippen LogP contribution in [0.5, 0.6) is 0 Å². The van der Waals surface area contributed by atoms with Crippen LogP contribution in [-0.4, -0.2) is 35.0 Å². The molecule has 0 aromatic carbocycles. The number of hydrogen-bond donors (Lipinski definition) is 0. The van der Waals surface area contributed by atoms with Crippen molar-refractivity contribution in [3.8, 4) is 0 Å². The van der Waals surface area contributed by atoms with Gasteiger partial charge in [0.25, 0.3) is 0 Å². The van der Waals surface area contributed by atoms with E-state index in [-0.39, 0.29) is 29.9 Å². The molecule has 0 aliphatic carbocycles. The van der Waals surface area contributed by atoms with Crippen molar-refractivity contribution in [2.75, 3.05) is 6.54 Å². The summed E-state index contributed by atoms with van der Waals surface area (Å²) in [6, 6.07) is 0.00146. The second-order valence-electron chi connectivity index (χ2n) is 7.60. The molecule has 0 bridgehead atoms. The third kappa shape index (κ3) is 5.62. The molecule has 1 fully saturated rings. The Labute approximate surface area is 116 Å². The molecule has 1 amide bonds. The Hall–Kier alpha value is -1.06. The van der Waals surface area contributed by atoms with Gasteiger partial charge in [0.05, 0.1) is 6.54 Å². The van der Waals surface area contributed by atoms with Gasteiger partial charge in [0.2, 0.25) is 0 Å². The van der Waals surface area contributed by atoms with Crippen LogP contribution in [0.2, 0.25) is 0 Å². The van der Waals surface area contributed by atoms with Gasteiger partial charge in [0.15, 0.2) is 5.78 Å². The highest BCUT2D eigenvalue weighted by atomic mass is 16.6. The molecule has 0 radical (unpaired) electrons. The summed E-state index contributed by atoms with van der Waals surface area (Å²) in [4.78, 5) is 25.3. The fraction of sp³-hybridized carbons (Fsp3) is 0.867. The van der Waals surface area contributed by atoms with Gasteiger partial charge in [0, 0.05) is 12.5 Å². The van der Waals surface area contributed by atoms with Crippen LogP contribution < -0.4 is 0 Å². The molecule has 0 aromatic rings. The Bertz CT molecular complexity index is 349. The van der Waals surface area contributed by atoms with E-state index >= 15 is 0 Å². The van der Waals surface area contributed by atoms with Crippen molar-refractivity contribution in [2.24, 2.45) is 5.41 Å². The van der Waals surface area contributed by atoms with Crippen molar-refractivity contribution in [1.82, 2.24) is 4.90 Å². The van der Waals surface area contributed by atoms with Crippen molar-refractivity contribution >= 4 is 11.9 Å². The number of amides is 1. The quantitative estimate of drug-likeness (QED) is 0.772. The lowest BCUT2D eigenvalue weighted by Crippen LogP contribution is -2.40. The number of hydrogen-bond acceptors (Lipinski definition) is 3. The van der Waals surface area contributed by atoms with Crippen molar-refractivity contribution in [3.05, 3.63) is 0 Å². The minimum atomic E-state index is -0.517. The van der Waals surface area contributed by atoms with Crippen molar-refractivity contribution in [3.63, 3.8) is 0 Å². The number of carbonyl (C=O) groups excluding carboxylic acids is 2. The van der Waals surface area contributed by atoms with E-state index in [1.165, 1.54) is 0 Å². The molecule has 4 heteroatoms. The summed E-state index contributed by atoms with van der Waals surface area (Å²) in [6.45, 7) is 12.2. The molecule has 0 N–H and O–H groups in total. The molecular weight excluding hydrogens is 242 g/mol. The number of carbonyl (C=O) groups is 2. The van der Waals surface area contributed by atoms with E-state index in [1.807, 2.05) is 20.8 Å². The van der Waals surface area contributed by atoms with Crippen LogP contribution in [0.1, 0.15) is 60.8 Å². The van der Waals surface area contributed by atoms with Crippen LogP contribution in [0.15, 0.2) is 0 Å². The summed E-state index contributed by atoms with van der Waals surface area (Å²) in [7, 11) is 0. The van der Waals surface area contributed by atoms with E-state index in [4.69, 9.17) is 4.74 Å². The summed E-state index contributed by atoms with van der Waals surface area (Å²) in [5.41, 5.74) is -0.303. The van der Waals surface area contributed by atoms with E-state index in [0.717, 1.165) is 12.8 Å². The number of likely N-dealkylation sites (tertiary alicyclic amines) is 1. The zero-order valence-electron chi connectivity index (χ0n) is 13.1. The topological polar surface area (TPSA) is 46.6 Å². The molecule has 1 aliphatic heterocycles. The van der Waals surface area contributed by atoms with Crippen LogP contribution in [0.25, 0.3) is 0 Å².